The van der Waals surface area contributed by atoms with Crippen molar-refractivity contribution in [2.75, 3.05) is 32.7 Å². The highest BCUT2D eigenvalue weighted by Gasteiger charge is 2.20. The number of nitrogens with one attached hydrogen (secondary N) is 1. The zero-order chi connectivity index (χ0) is 18.4. The molecule has 1 saturated heterocycles. The first-order valence-corrected chi connectivity index (χ1v) is 9.30. The number of halogens is 1. The molecular weight excluding hydrogens is 459 g/mol. The molecule has 2 aromatic rings. The van der Waals surface area contributed by atoms with Crippen molar-refractivity contribution < 1.29 is 9.05 Å². The second-order valence-corrected chi connectivity index (χ2v) is 6.50. The topological polar surface area (TPSA) is 82.9 Å². The third kappa shape index (κ3) is 6.20. The molecular formula is C18H29IN6O2. The van der Waals surface area contributed by atoms with E-state index in [9.17, 15) is 0 Å². The minimum atomic E-state index is 0. The molecule has 8 nitrogen and oxygen atoms in total. The number of rotatable bonds is 6. The van der Waals surface area contributed by atoms with E-state index in [-0.39, 0.29) is 24.0 Å². The summed E-state index contributed by atoms with van der Waals surface area (Å²) in [5, 5.41) is 11.5. The molecule has 1 aliphatic heterocycles. The normalized spacial score (nSPS) is 15.7. The van der Waals surface area contributed by atoms with Gasteiger partial charge < -0.3 is 19.3 Å². The van der Waals surface area contributed by atoms with Crippen LogP contribution in [-0.2, 0) is 19.5 Å². The smallest absolute Gasteiger partial charge is 0.194 e. The van der Waals surface area contributed by atoms with Gasteiger partial charge in [0.1, 0.15) is 12.3 Å². The lowest BCUT2D eigenvalue weighted by Gasteiger charge is -2.36. The third-order valence-corrected chi connectivity index (χ3v) is 4.42. The fraction of sp³-hybridized carbons (Fsp3) is 0.611. The van der Waals surface area contributed by atoms with E-state index < -0.39 is 0 Å². The van der Waals surface area contributed by atoms with Gasteiger partial charge in [0.15, 0.2) is 11.7 Å². The lowest BCUT2D eigenvalue weighted by Crippen LogP contribution is -2.52. The molecule has 0 aromatic carbocycles. The average molecular weight is 488 g/mol. The minimum Gasteiger partial charge on any atom is -0.361 e. The van der Waals surface area contributed by atoms with Crippen LogP contribution in [0, 0.1) is 6.92 Å². The molecule has 1 N–H and O–H groups in total. The van der Waals surface area contributed by atoms with Crippen LogP contribution in [0.15, 0.2) is 26.2 Å². The summed E-state index contributed by atoms with van der Waals surface area (Å²) in [5.41, 5.74) is 1.96. The predicted octanol–water partition coefficient (Wildman–Crippen LogP) is 2.43. The van der Waals surface area contributed by atoms with Gasteiger partial charge >= 0.3 is 0 Å². The first kappa shape index (κ1) is 21.7. The van der Waals surface area contributed by atoms with E-state index >= 15 is 0 Å². The molecule has 0 radical (unpaired) electrons. The fourth-order valence-electron chi connectivity index (χ4n) is 3.01. The molecule has 3 heterocycles. The van der Waals surface area contributed by atoms with Gasteiger partial charge in [0, 0.05) is 51.4 Å². The second-order valence-electron chi connectivity index (χ2n) is 6.50. The van der Waals surface area contributed by atoms with Gasteiger partial charge in [-0.25, -0.2) is 4.99 Å². The number of guanidine groups is 1. The van der Waals surface area contributed by atoms with Crippen LogP contribution < -0.4 is 5.32 Å². The number of hydrogen-bond acceptors (Lipinski definition) is 6. The van der Waals surface area contributed by atoms with E-state index in [1.54, 1.807) is 0 Å². The molecule has 0 aliphatic carbocycles. The Bertz CT molecular complexity index is 721. The lowest BCUT2D eigenvalue weighted by atomic mass is 10.3. The molecule has 0 amide bonds. The predicted molar refractivity (Wildman–Crippen MR) is 114 cm³/mol. The van der Waals surface area contributed by atoms with E-state index in [0.29, 0.717) is 6.54 Å². The SMILES string of the molecule is CCNC(=NCc1cc(CC)no1)N1CCN(Cc2cc(C)on2)CC1.I. The van der Waals surface area contributed by atoms with Crippen molar-refractivity contribution in [2.24, 2.45) is 4.99 Å². The molecule has 27 heavy (non-hydrogen) atoms. The third-order valence-electron chi connectivity index (χ3n) is 4.42. The monoisotopic (exact) mass is 488 g/mol. The maximum atomic E-state index is 5.33. The van der Waals surface area contributed by atoms with Crippen LogP contribution in [0.5, 0.6) is 0 Å². The Labute approximate surface area is 177 Å². The summed E-state index contributed by atoms with van der Waals surface area (Å²) in [6.07, 6.45) is 0.875. The summed E-state index contributed by atoms with van der Waals surface area (Å²) in [5.74, 6) is 2.59. The van der Waals surface area contributed by atoms with E-state index in [1.807, 2.05) is 19.1 Å². The zero-order valence-electron chi connectivity index (χ0n) is 16.3. The van der Waals surface area contributed by atoms with Gasteiger partial charge in [-0.3, -0.25) is 4.90 Å². The number of nitrogens with zero attached hydrogens (tertiary/aromatic N) is 5. The van der Waals surface area contributed by atoms with Gasteiger partial charge in [0.25, 0.3) is 0 Å². The molecule has 1 aliphatic rings. The van der Waals surface area contributed by atoms with Crippen LogP contribution in [-0.4, -0.2) is 58.8 Å². The summed E-state index contributed by atoms with van der Waals surface area (Å²) >= 11 is 0. The minimum absolute atomic E-state index is 0. The maximum absolute atomic E-state index is 5.33. The molecule has 9 heteroatoms. The van der Waals surface area contributed by atoms with Crippen LogP contribution in [0.25, 0.3) is 0 Å². The van der Waals surface area contributed by atoms with Crippen LogP contribution in [0.4, 0.5) is 0 Å². The molecule has 0 bridgehead atoms. The van der Waals surface area contributed by atoms with Crippen LogP contribution >= 0.6 is 24.0 Å². The summed E-state index contributed by atoms with van der Waals surface area (Å²) in [6, 6.07) is 3.98. The van der Waals surface area contributed by atoms with Gasteiger partial charge in [-0.1, -0.05) is 17.2 Å². The number of piperazine rings is 1. The highest BCUT2D eigenvalue weighted by Crippen LogP contribution is 2.10. The van der Waals surface area contributed by atoms with Crippen molar-refractivity contribution >= 4 is 29.9 Å². The van der Waals surface area contributed by atoms with Crippen molar-refractivity contribution in [1.29, 1.82) is 0 Å². The van der Waals surface area contributed by atoms with E-state index in [0.717, 1.165) is 74.6 Å². The van der Waals surface area contributed by atoms with Crippen molar-refractivity contribution in [3.05, 3.63) is 35.0 Å². The first-order chi connectivity index (χ1) is 12.7. The molecule has 0 spiro atoms. The fourth-order valence-corrected chi connectivity index (χ4v) is 3.01. The van der Waals surface area contributed by atoms with E-state index in [4.69, 9.17) is 14.0 Å². The summed E-state index contributed by atoms with van der Waals surface area (Å²) < 4.78 is 10.5. The van der Waals surface area contributed by atoms with Gasteiger partial charge in [-0.15, -0.1) is 24.0 Å². The van der Waals surface area contributed by atoms with Gasteiger partial charge in [0.2, 0.25) is 0 Å². The second kappa shape index (κ2) is 10.6. The Morgan fingerprint density at radius 3 is 2.44 bits per heavy atom. The largest absolute Gasteiger partial charge is 0.361 e. The zero-order valence-corrected chi connectivity index (χ0v) is 18.6. The Kier molecular flexibility index (Phi) is 8.55. The lowest BCUT2D eigenvalue weighted by molar-refractivity contribution is 0.169. The summed E-state index contributed by atoms with van der Waals surface area (Å²) in [7, 11) is 0. The van der Waals surface area contributed by atoms with Crippen LogP contribution in [0.3, 0.4) is 0 Å². The van der Waals surface area contributed by atoms with Crippen molar-refractivity contribution in [2.45, 2.75) is 40.3 Å². The number of hydrogen-bond donors (Lipinski definition) is 1. The molecule has 0 atom stereocenters. The Morgan fingerprint density at radius 1 is 1.11 bits per heavy atom. The highest BCUT2D eigenvalue weighted by atomic mass is 127. The Hall–Kier alpha value is -1.62. The van der Waals surface area contributed by atoms with Crippen molar-refractivity contribution in [3.63, 3.8) is 0 Å². The quantitative estimate of drug-likeness (QED) is 0.380. The Balaban J connectivity index is 0.00000261. The molecule has 3 rings (SSSR count). The Morgan fingerprint density at radius 2 is 1.85 bits per heavy atom. The van der Waals surface area contributed by atoms with Crippen molar-refractivity contribution in [3.8, 4) is 0 Å². The van der Waals surface area contributed by atoms with Gasteiger partial charge in [0.05, 0.1) is 11.4 Å². The van der Waals surface area contributed by atoms with E-state index in [2.05, 4.69) is 39.3 Å². The molecule has 2 aromatic heterocycles. The standard InChI is InChI=1S/C18H28N6O2.HI/c1-4-15-11-17(26-21-15)12-20-18(19-5-2)24-8-6-23(7-9-24)13-16-10-14(3)25-22-16;/h10-11H,4-9,12-13H2,1-3H3,(H,19,20);1H. The molecule has 0 unspecified atom stereocenters. The van der Waals surface area contributed by atoms with Crippen LogP contribution in [0.1, 0.15) is 36.8 Å². The van der Waals surface area contributed by atoms with Gasteiger partial charge in [-0.2, -0.15) is 0 Å². The highest BCUT2D eigenvalue weighted by molar-refractivity contribution is 14.0. The number of aliphatic imine (C=N–C) groups is 1. The number of aromatic nitrogens is 2. The van der Waals surface area contributed by atoms with Gasteiger partial charge in [-0.05, 0) is 20.3 Å². The van der Waals surface area contributed by atoms with E-state index in [1.165, 1.54) is 0 Å². The number of aryl methyl sites for hydroxylation is 2. The molecule has 1 fully saturated rings. The molecule has 150 valence electrons. The average Bonchev–Trinajstić information content (AvgIpc) is 3.28. The first-order valence-electron chi connectivity index (χ1n) is 9.30. The maximum Gasteiger partial charge on any atom is 0.194 e. The van der Waals surface area contributed by atoms with Crippen LogP contribution in [0.2, 0.25) is 0 Å². The molecule has 0 saturated carbocycles. The summed E-state index contributed by atoms with van der Waals surface area (Å²) in [4.78, 5) is 9.41. The van der Waals surface area contributed by atoms with Crippen molar-refractivity contribution in [1.82, 2.24) is 25.4 Å². The summed E-state index contributed by atoms with van der Waals surface area (Å²) in [6.45, 7) is 12.1.